The fraction of sp³-hybridized carbons (Fsp3) is 0.167. The van der Waals surface area contributed by atoms with Gasteiger partial charge < -0.3 is 9.73 Å². The Kier molecular flexibility index (Phi) is 7.00. The topological polar surface area (TPSA) is 114 Å². The van der Waals surface area contributed by atoms with Crippen molar-refractivity contribution in [2.45, 2.75) is 11.4 Å². The third-order valence-electron chi connectivity index (χ3n) is 3.74. The molecule has 2 aromatic carbocycles. The van der Waals surface area contributed by atoms with Gasteiger partial charge in [-0.15, -0.1) is 10.2 Å². The Morgan fingerprint density at radius 3 is 2.47 bits per heavy atom. The first-order chi connectivity index (χ1) is 14.9. The van der Waals surface area contributed by atoms with Gasteiger partial charge in [0.25, 0.3) is 5.22 Å². The zero-order valence-corrected chi connectivity index (χ0v) is 18.5. The van der Waals surface area contributed by atoms with Crippen LogP contribution in [0.3, 0.4) is 0 Å². The molecule has 170 valence electrons. The number of halogens is 4. The number of hydrogen-bond acceptors (Lipinski definition) is 7. The molecule has 1 aromatic heterocycles. The van der Waals surface area contributed by atoms with Crippen molar-refractivity contribution in [1.29, 1.82) is 0 Å². The SMILES string of the molecule is CS(=O)(=O)Nc1ccc(-c2nnc(SCC(=O)Nc3cc(C(F)(F)F)ccc3Cl)o2)cc1. The number of nitrogens with zero attached hydrogens (tertiary/aromatic N) is 2. The Balaban J connectivity index is 1.60. The van der Waals surface area contributed by atoms with Crippen molar-refractivity contribution in [2.75, 3.05) is 22.0 Å². The first kappa shape index (κ1) is 23.9. The minimum Gasteiger partial charge on any atom is -0.411 e. The molecule has 0 bridgehead atoms. The zero-order chi connectivity index (χ0) is 23.5. The quantitative estimate of drug-likeness (QED) is 0.453. The van der Waals surface area contributed by atoms with E-state index < -0.39 is 27.7 Å². The number of carbonyl (C=O) groups is 1. The van der Waals surface area contributed by atoms with Crippen LogP contribution in [0.5, 0.6) is 0 Å². The van der Waals surface area contributed by atoms with E-state index in [1.54, 1.807) is 12.1 Å². The summed E-state index contributed by atoms with van der Waals surface area (Å²) in [5.74, 6) is -0.697. The summed E-state index contributed by atoms with van der Waals surface area (Å²) in [5, 5.41) is 9.99. The molecule has 0 saturated heterocycles. The molecule has 2 N–H and O–H groups in total. The van der Waals surface area contributed by atoms with Crippen LogP contribution in [-0.2, 0) is 21.0 Å². The monoisotopic (exact) mass is 506 g/mol. The van der Waals surface area contributed by atoms with Crippen LogP contribution >= 0.6 is 23.4 Å². The maximum atomic E-state index is 12.8. The first-order valence-corrected chi connectivity index (χ1v) is 11.9. The van der Waals surface area contributed by atoms with E-state index >= 15 is 0 Å². The number of thioether (sulfide) groups is 1. The van der Waals surface area contributed by atoms with Gasteiger partial charge in [-0.25, -0.2) is 8.42 Å². The van der Waals surface area contributed by atoms with Crippen molar-refractivity contribution in [1.82, 2.24) is 10.2 Å². The fourth-order valence-corrected chi connectivity index (χ4v) is 3.68. The lowest BCUT2D eigenvalue weighted by Gasteiger charge is -2.11. The summed E-state index contributed by atoms with van der Waals surface area (Å²) < 4.78 is 68.7. The van der Waals surface area contributed by atoms with Gasteiger partial charge in [0, 0.05) is 11.3 Å². The van der Waals surface area contributed by atoms with Crippen molar-refractivity contribution in [3.63, 3.8) is 0 Å². The highest BCUT2D eigenvalue weighted by Gasteiger charge is 2.31. The van der Waals surface area contributed by atoms with Gasteiger partial charge in [0.2, 0.25) is 21.8 Å². The van der Waals surface area contributed by atoms with Gasteiger partial charge in [0.15, 0.2) is 0 Å². The normalized spacial score (nSPS) is 11.9. The zero-order valence-electron chi connectivity index (χ0n) is 16.1. The number of benzene rings is 2. The summed E-state index contributed by atoms with van der Waals surface area (Å²) in [5.41, 5.74) is -0.232. The van der Waals surface area contributed by atoms with Gasteiger partial charge in [-0.2, -0.15) is 13.2 Å². The van der Waals surface area contributed by atoms with Gasteiger partial charge in [0.05, 0.1) is 28.3 Å². The Morgan fingerprint density at radius 1 is 1.16 bits per heavy atom. The van der Waals surface area contributed by atoms with Gasteiger partial charge in [0.1, 0.15) is 0 Å². The molecule has 3 rings (SSSR count). The van der Waals surface area contributed by atoms with Crippen molar-refractivity contribution in [2.24, 2.45) is 0 Å². The van der Waals surface area contributed by atoms with Crippen LogP contribution in [0.2, 0.25) is 5.02 Å². The van der Waals surface area contributed by atoms with Crippen LogP contribution in [0.1, 0.15) is 5.56 Å². The summed E-state index contributed by atoms with van der Waals surface area (Å²) in [6.07, 6.45) is -3.54. The van der Waals surface area contributed by atoms with Gasteiger partial charge >= 0.3 is 6.18 Å². The van der Waals surface area contributed by atoms with Crippen LogP contribution in [0.25, 0.3) is 11.5 Å². The highest BCUT2D eigenvalue weighted by molar-refractivity contribution is 7.99. The minimum atomic E-state index is -4.57. The molecular formula is C18H14ClF3N4O4S2. The Morgan fingerprint density at radius 2 is 1.84 bits per heavy atom. The maximum absolute atomic E-state index is 12.8. The Bertz CT molecular complexity index is 1230. The van der Waals surface area contributed by atoms with Crippen LogP contribution in [0, 0.1) is 0 Å². The Hall–Kier alpha value is -2.77. The molecule has 8 nitrogen and oxygen atoms in total. The molecule has 14 heteroatoms. The molecule has 0 aliphatic carbocycles. The predicted molar refractivity (Wildman–Crippen MR) is 114 cm³/mol. The lowest BCUT2D eigenvalue weighted by molar-refractivity contribution is -0.137. The lowest BCUT2D eigenvalue weighted by atomic mass is 10.2. The van der Waals surface area contributed by atoms with E-state index in [0.29, 0.717) is 11.3 Å². The van der Waals surface area contributed by atoms with Crippen LogP contribution < -0.4 is 10.0 Å². The lowest BCUT2D eigenvalue weighted by Crippen LogP contribution is -2.15. The molecule has 3 aromatic rings. The highest BCUT2D eigenvalue weighted by Crippen LogP contribution is 2.34. The third-order valence-corrected chi connectivity index (χ3v) is 5.49. The number of carbonyl (C=O) groups excluding carboxylic acids is 1. The van der Waals surface area contributed by atoms with Gasteiger partial charge in [-0.1, -0.05) is 23.4 Å². The predicted octanol–water partition coefficient (Wildman–Crippen LogP) is 4.51. The van der Waals surface area contributed by atoms with Crippen molar-refractivity contribution in [3.8, 4) is 11.5 Å². The van der Waals surface area contributed by atoms with Crippen molar-refractivity contribution >= 4 is 50.7 Å². The van der Waals surface area contributed by atoms with E-state index in [2.05, 4.69) is 20.2 Å². The second kappa shape index (κ2) is 9.38. The molecule has 0 fully saturated rings. The summed E-state index contributed by atoms with van der Waals surface area (Å²) in [4.78, 5) is 12.1. The van der Waals surface area contributed by atoms with Crippen molar-refractivity contribution < 1.29 is 30.8 Å². The van der Waals surface area contributed by atoms with E-state index in [-0.39, 0.29) is 27.6 Å². The molecule has 1 amide bonds. The molecule has 0 aliphatic rings. The van der Waals surface area contributed by atoms with E-state index in [1.807, 2.05) is 0 Å². The summed E-state index contributed by atoms with van der Waals surface area (Å²) >= 11 is 6.74. The van der Waals surface area contributed by atoms with Crippen molar-refractivity contribution in [3.05, 3.63) is 53.1 Å². The highest BCUT2D eigenvalue weighted by atomic mass is 35.5. The number of aromatic nitrogens is 2. The molecular weight excluding hydrogens is 493 g/mol. The van der Waals surface area contributed by atoms with E-state index in [9.17, 15) is 26.4 Å². The fourth-order valence-electron chi connectivity index (χ4n) is 2.39. The second-order valence-electron chi connectivity index (χ2n) is 6.35. The van der Waals surface area contributed by atoms with Gasteiger partial charge in [-0.05, 0) is 42.5 Å². The molecule has 32 heavy (non-hydrogen) atoms. The largest absolute Gasteiger partial charge is 0.416 e. The van der Waals surface area contributed by atoms with Crippen LogP contribution in [-0.4, -0.2) is 36.5 Å². The van der Waals surface area contributed by atoms with Crippen LogP contribution in [0.15, 0.2) is 52.1 Å². The average Bonchev–Trinajstić information content (AvgIpc) is 3.15. The first-order valence-electron chi connectivity index (χ1n) is 8.62. The van der Waals surface area contributed by atoms with E-state index in [0.717, 1.165) is 36.2 Å². The number of hydrogen-bond donors (Lipinski definition) is 2. The van der Waals surface area contributed by atoms with E-state index in [4.69, 9.17) is 16.0 Å². The molecule has 0 radical (unpaired) electrons. The maximum Gasteiger partial charge on any atom is 0.416 e. The Labute approximate surface area is 189 Å². The summed E-state index contributed by atoms with van der Waals surface area (Å²) in [6, 6.07) is 8.78. The number of sulfonamides is 1. The number of amides is 1. The molecule has 0 spiro atoms. The molecule has 0 aliphatic heterocycles. The number of rotatable bonds is 7. The smallest absolute Gasteiger partial charge is 0.411 e. The summed E-state index contributed by atoms with van der Waals surface area (Å²) in [6.45, 7) is 0. The van der Waals surface area contributed by atoms with E-state index in [1.165, 1.54) is 12.1 Å². The third kappa shape index (κ3) is 6.61. The number of nitrogens with one attached hydrogen (secondary N) is 2. The molecule has 0 atom stereocenters. The molecule has 0 saturated carbocycles. The molecule has 0 unspecified atom stereocenters. The van der Waals surface area contributed by atoms with Crippen LogP contribution in [0.4, 0.5) is 24.5 Å². The number of alkyl halides is 3. The second-order valence-corrected chi connectivity index (χ2v) is 9.44. The number of anilines is 2. The average molecular weight is 507 g/mol. The summed E-state index contributed by atoms with van der Waals surface area (Å²) in [7, 11) is -3.41. The minimum absolute atomic E-state index is 0.0368. The standard InChI is InChI=1S/C18H14ClF3N4O4S2/c1-32(28,29)26-12-5-2-10(3-6-12)16-24-25-17(30-16)31-9-15(27)23-14-8-11(18(20,21)22)4-7-13(14)19/h2-8,26H,9H2,1H3,(H,23,27). The van der Waals surface area contributed by atoms with Gasteiger partial charge in [-0.3, -0.25) is 9.52 Å². The molecule has 1 heterocycles.